The van der Waals surface area contributed by atoms with E-state index in [4.69, 9.17) is 9.47 Å². The zero-order valence-corrected chi connectivity index (χ0v) is 17.6. The average molecular weight is 426 g/mol. The molecule has 1 aliphatic rings. The van der Waals surface area contributed by atoms with Gasteiger partial charge in [-0.25, -0.2) is 13.2 Å². The second-order valence-corrected chi connectivity index (χ2v) is 7.99. The number of hydrogen-bond donors (Lipinski definition) is 0. The van der Waals surface area contributed by atoms with Gasteiger partial charge in [-0.3, -0.25) is 0 Å². The van der Waals surface area contributed by atoms with E-state index >= 15 is 0 Å². The molecule has 5 heteroatoms. The van der Waals surface area contributed by atoms with Crippen molar-refractivity contribution in [2.24, 2.45) is 0 Å². The van der Waals surface area contributed by atoms with Crippen molar-refractivity contribution in [3.8, 4) is 22.6 Å². The summed E-state index contributed by atoms with van der Waals surface area (Å²) in [5.74, 6) is -0.733. The van der Waals surface area contributed by atoms with Crippen LogP contribution in [-0.2, 0) is 0 Å². The summed E-state index contributed by atoms with van der Waals surface area (Å²) in [6.07, 6.45) is 2.84. The summed E-state index contributed by atoms with van der Waals surface area (Å²) in [7, 11) is 3.06. The number of rotatable bonds is 5. The van der Waals surface area contributed by atoms with Crippen molar-refractivity contribution in [1.29, 1.82) is 0 Å². The van der Waals surface area contributed by atoms with Crippen LogP contribution in [0.3, 0.4) is 0 Å². The molecule has 1 aliphatic carbocycles. The average Bonchev–Trinajstić information content (AvgIpc) is 2.81. The van der Waals surface area contributed by atoms with E-state index in [9.17, 15) is 13.2 Å². The normalized spacial score (nSPS) is 18.6. The van der Waals surface area contributed by atoms with Crippen LogP contribution in [0.15, 0.2) is 54.6 Å². The first-order valence-corrected chi connectivity index (χ1v) is 10.5. The third-order valence-electron chi connectivity index (χ3n) is 6.33. The lowest BCUT2D eigenvalue weighted by molar-refractivity contribution is 0.372. The lowest BCUT2D eigenvalue weighted by atomic mass is 9.75. The fourth-order valence-electron chi connectivity index (χ4n) is 4.55. The summed E-state index contributed by atoms with van der Waals surface area (Å²) in [4.78, 5) is 0. The number of ether oxygens (including phenoxy) is 2. The third-order valence-corrected chi connectivity index (χ3v) is 6.33. The van der Waals surface area contributed by atoms with E-state index in [1.165, 1.54) is 13.2 Å². The van der Waals surface area contributed by atoms with E-state index in [0.717, 1.165) is 12.8 Å². The van der Waals surface area contributed by atoms with Gasteiger partial charge in [-0.1, -0.05) is 30.3 Å². The van der Waals surface area contributed by atoms with Crippen molar-refractivity contribution in [3.05, 3.63) is 83.2 Å². The molecule has 1 fully saturated rings. The van der Waals surface area contributed by atoms with Gasteiger partial charge in [-0.2, -0.15) is 0 Å². The molecule has 0 spiro atoms. The van der Waals surface area contributed by atoms with E-state index in [0.29, 0.717) is 41.0 Å². The molecule has 0 N–H and O–H groups in total. The van der Waals surface area contributed by atoms with Gasteiger partial charge in [-0.15, -0.1) is 0 Å². The quantitative estimate of drug-likeness (QED) is 0.428. The number of benzene rings is 3. The summed E-state index contributed by atoms with van der Waals surface area (Å²) in [6.45, 7) is 0. The van der Waals surface area contributed by atoms with Gasteiger partial charge in [0.1, 0.15) is 17.3 Å². The molecule has 0 bridgehead atoms. The van der Waals surface area contributed by atoms with Gasteiger partial charge in [0.2, 0.25) is 0 Å². The lowest BCUT2D eigenvalue weighted by Gasteiger charge is -2.29. The Bertz CT molecular complexity index is 1050. The Morgan fingerprint density at radius 2 is 1.19 bits per heavy atom. The van der Waals surface area contributed by atoms with Gasteiger partial charge < -0.3 is 9.47 Å². The molecule has 2 nitrogen and oxygen atoms in total. The van der Waals surface area contributed by atoms with E-state index < -0.39 is 11.6 Å². The van der Waals surface area contributed by atoms with E-state index in [-0.39, 0.29) is 23.2 Å². The van der Waals surface area contributed by atoms with Gasteiger partial charge in [-0.05, 0) is 72.4 Å². The van der Waals surface area contributed by atoms with Crippen LogP contribution in [0.4, 0.5) is 13.2 Å². The maximum atomic E-state index is 15.0. The zero-order valence-electron chi connectivity index (χ0n) is 17.6. The van der Waals surface area contributed by atoms with E-state index in [2.05, 4.69) is 0 Å². The summed E-state index contributed by atoms with van der Waals surface area (Å²) in [5.41, 5.74) is 1.91. The van der Waals surface area contributed by atoms with Gasteiger partial charge in [0.25, 0.3) is 0 Å². The molecule has 0 saturated heterocycles. The summed E-state index contributed by atoms with van der Waals surface area (Å²) in [6, 6.07) is 15.1. The minimum atomic E-state index is -0.828. The largest absolute Gasteiger partial charge is 0.497 e. The molecule has 3 aromatic carbocycles. The van der Waals surface area contributed by atoms with Gasteiger partial charge in [0.15, 0.2) is 11.6 Å². The third kappa shape index (κ3) is 4.27. The van der Waals surface area contributed by atoms with Crippen LogP contribution in [-0.4, -0.2) is 14.2 Å². The summed E-state index contributed by atoms with van der Waals surface area (Å²) in [5, 5.41) is 0. The van der Waals surface area contributed by atoms with Crippen LogP contribution in [0.25, 0.3) is 11.1 Å². The van der Waals surface area contributed by atoms with Crippen LogP contribution >= 0.6 is 0 Å². The molecule has 31 heavy (non-hydrogen) atoms. The van der Waals surface area contributed by atoms with Crippen molar-refractivity contribution in [2.75, 3.05) is 14.2 Å². The Balaban J connectivity index is 1.50. The molecule has 0 heterocycles. The molecule has 0 aromatic heterocycles. The van der Waals surface area contributed by atoms with E-state index in [1.54, 1.807) is 55.6 Å². The predicted octanol–water partition coefficient (Wildman–Crippen LogP) is 7.23. The number of hydrogen-bond acceptors (Lipinski definition) is 2. The van der Waals surface area contributed by atoms with Gasteiger partial charge in [0.05, 0.1) is 14.2 Å². The highest BCUT2D eigenvalue weighted by atomic mass is 19.2. The van der Waals surface area contributed by atoms with Crippen LogP contribution in [0.2, 0.25) is 0 Å². The van der Waals surface area contributed by atoms with Gasteiger partial charge in [0, 0.05) is 11.6 Å². The van der Waals surface area contributed by atoms with Gasteiger partial charge >= 0.3 is 0 Å². The second kappa shape index (κ2) is 9.04. The molecular weight excluding hydrogens is 401 g/mol. The predicted molar refractivity (Wildman–Crippen MR) is 115 cm³/mol. The second-order valence-electron chi connectivity index (χ2n) is 7.99. The monoisotopic (exact) mass is 426 g/mol. The Hall–Kier alpha value is -2.95. The minimum Gasteiger partial charge on any atom is -0.497 e. The molecule has 1 saturated carbocycles. The Labute approximate surface area is 180 Å². The highest BCUT2D eigenvalue weighted by Gasteiger charge is 2.28. The fourth-order valence-corrected chi connectivity index (χ4v) is 4.55. The van der Waals surface area contributed by atoms with Crippen LogP contribution in [0.5, 0.6) is 11.5 Å². The van der Waals surface area contributed by atoms with Crippen molar-refractivity contribution < 1.29 is 22.6 Å². The number of methoxy groups -OCH3 is 2. The highest BCUT2D eigenvalue weighted by Crippen LogP contribution is 2.43. The molecule has 4 rings (SSSR count). The zero-order chi connectivity index (χ0) is 22.0. The molecule has 0 unspecified atom stereocenters. The Morgan fingerprint density at radius 3 is 1.77 bits per heavy atom. The maximum absolute atomic E-state index is 15.0. The van der Waals surface area contributed by atoms with Crippen LogP contribution in [0.1, 0.15) is 48.6 Å². The molecule has 162 valence electrons. The van der Waals surface area contributed by atoms with Crippen molar-refractivity contribution in [1.82, 2.24) is 0 Å². The highest BCUT2D eigenvalue weighted by molar-refractivity contribution is 5.65. The van der Waals surface area contributed by atoms with Crippen molar-refractivity contribution in [3.63, 3.8) is 0 Å². The van der Waals surface area contributed by atoms with Crippen LogP contribution in [0, 0.1) is 17.5 Å². The Kier molecular flexibility index (Phi) is 6.21. The first kappa shape index (κ1) is 21.3. The standard InChI is InChI=1S/C26H25F3O2/c1-30-19-9-7-18(8-10-19)23-14-13-22(25(28)26(23)29)17-5-3-16(4-6-17)21-12-11-20(31-2)15-24(21)27/h7-17H,3-6H2,1-2H3. The van der Waals surface area contributed by atoms with Crippen molar-refractivity contribution in [2.45, 2.75) is 37.5 Å². The van der Waals surface area contributed by atoms with E-state index in [1.807, 2.05) is 0 Å². The van der Waals surface area contributed by atoms with Crippen LogP contribution < -0.4 is 9.47 Å². The molecular formula is C26H25F3O2. The summed E-state index contributed by atoms with van der Waals surface area (Å²) >= 11 is 0. The smallest absolute Gasteiger partial charge is 0.166 e. The molecule has 0 atom stereocenters. The summed E-state index contributed by atoms with van der Waals surface area (Å²) < 4.78 is 54.5. The van der Waals surface area contributed by atoms with Crippen molar-refractivity contribution >= 4 is 0 Å². The molecule has 0 radical (unpaired) electrons. The molecule has 0 aliphatic heterocycles. The number of halogens is 3. The lowest BCUT2D eigenvalue weighted by Crippen LogP contribution is -2.15. The molecule has 0 amide bonds. The SMILES string of the molecule is COc1ccc(-c2ccc(C3CCC(c4ccc(OC)cc4F)CC3)c(F)c2F)cc1. The topological polar surface area (TPSA) is 18.5 Å². The molecule has 3 aromatic rings. The Morgan fingerprint density at radius 1 is 0.645 bits per heavy atom. The first-order chi connectivity index (χ1) is 15.0. The fraction of sp³-hybridized carbons (Fsp3) is 0.308. The first-order valence-electron chi connectivity index (χ1n) is 10.5. The minimum absolute atomic E-state index is 0.0722. The maximum Gasteiger partial charge on any atom is 0.166 e.